The van der Waals surface area contributed by atoms with E-state index in [1.807, 2.05) is 31.5 Å². The molecule has 0 aliphatic rings. The molecule has 1 atom stereocenters. The zero-order valence-corrected chi connectivity index (χ0v) is 13.4. The predicted molar refractivity (Wildman–Crippen MR) is 92.1 cm³/mol. The number of hydrogen-bond donors (Lipinski definition) is 2. The van der Waals surface area contributed by atoms with Crippen molar-refractivity contribution in [2.75, 3.05) is 12.8 Å². The van der Waals surface area contributed by atoms with Gasteiger partial charge in [0.2, 0.25) is 0 Å². The van der Waals surface area contributed by atoms with E-state index in [-0.39, 0.29) is 6.17 Å². The number of nitrogen functional groups attached to an aromatic ring is 1. The van der Waals surface area contributed by atoms with Crippen molar-refractivity contribution in [3.05, 3.63) is 53.9 Å². The van der Waals surface area contributed by atoms with Crippen LogP contribution in [-0.2, 0) is 6.54 Å². The highest BCUT2D eigenvalue weighted by Crippen LogP contribution is 2.15. The van der Waals surface area contributed by atoms with Crippen molar-refractivity contribution in [1.29, 1.82) is 0 Å². The third kappa shape index (κ3) is 5.83. The normalized spacial score (nSPS) is 13.7. The van der Waals surface area contributed by atoms with Crippen molar-refractivity contribution in [3.63, 3.8) is 0 Å². The van der Waals surface area contributed by atoms with Gasteiger partial charge in [-0.15, -0.1) is 0 Å². The number of nitrogens with two attached hydrogens (primary N) is 1. The van der Waals surface area contributed by atoms with Crippen LogP contribution in [0.25, 0.3) is 0 Å². The van der Waals surface area contributed by atoms with Gasteiger partial charge in [-0.3, -0.25) is 9.89 Å². The molecule has 0 heterocycles. The van der Waals surface area contributed by atoms with Gasteiger partial charge in [-0.2, -0.15) is 0 Å². The number of allylic oxidation sites excluding steroid dienone is 1. The van der Waals surface area contributed by atoms with Crippen LogP contribution < -0.4 is 11.1 Å². The maximum absolute atomic E-state index is 5.85. The minimum absolute atomic E-state index is 0.0953. The first kappa shape index (κ1) is 17.0. The molecule has 0 aromatic heterocycles. The van der Waals surface area contributed by atoms with Crippen LogP contribution in [0.15, 0.2) is 47.7 Å². The zero-order valence-electron chi connectivity index (χ0n) is 13.4. The Morgan fingerprint density at radius 1 is 1.52 bits per heavy atom. The van der Waals surface area contributed by atoms with Gasteiger partial charge in [0, 0.05) is 24.6 Å². The summed E-state index contributed by atoms with van der Waals surface area (Å²) < 4.78 is 0. The first-order valence-electron chi connectivity index (χ1n) is 7.06. The van der Waals surface area contributed by atoms with Gasteiger partial charge in [0.25, 0.3) is 0 Å². The number of benzene rings is 1. The van der Waals surface area contributed by atoms with Crippen LogP contribution >= 0.6 is 0 Å². The van der Waals surface area contributed by atoms with Crippen molar-refractivity contribution in [3.8, 4) is 0 Å². The second-order valence-electron chi connectivity index (χ2n) is 5.27. The second-order valence-corrected chi connectivity index (χ2v) is 5.27. The Balaban J connectivity index is 2.66. The Morgan fingerprint density at radius 3 is 2.90 bits per heavy atom. The minimum Gasteiger partial charge on any atom is -0.399 e. The molecule has 1 aromatic rings. The van der Waals surface area contributed by atoms with E-state index < -0.39 is 0 Å². The van der Waals surface area contributed by atoms with Gasteiger partial charge in [0.1, 0.15) is 0 Å². The largest absolute Gasteiger partial charge is 0.399 e. The van der Waals surface area contributed by atoms with E-state index in [1.54, 1.807) is 6.20 Å². The molecule has 0 saturated heterocycles. The molecule has 0 fully saturated rings. The highest BCUT2D eigenvalue weighted by molar-refractivity contribution is 5.77. The Hall–Kier alpha value is -2.07. The number of nitrogens with zero attached hydrogens (tertiary/aromatic N) is 2. The van der Waals surface area contributed by atoms with Crippen molar-refractivity contribution in [2.45, 2.75) is 33.5 Å². The van der Waals surface area contributed by atoms with Gasteiger partial charge in [0.15, 0.2) is 0 Å². The molecular weight excluding hydrogens is 260 g/mol. The molecule has 0 spiro atoms. The molecule has 1 rings (SSSR count). The maximum atomic E-state index is 5.85. The number of rotatable bonds is 7. The van der Waals surface area contributed by atoms with Crippen LogP contribution in [0.1, 0.15) is 25.0 Å². The van der Waals surface area contributed by atoms with Crippen LogP contribution in [0.3, 0.4) is 0 Å². The third-order valence-electron chi connectivity index (χ3n) is 3.35. The van der Waals surface area contributed by atoms with Crippen LogP contribution in [0.5, 0.6) is 0 Å². The van der Waals surface area contributed by atoms with Gasteiger partial charge in [-0.25, -0.2) is 0 Å². The lowest BCUT2D eigenvalue weighted by molar-refractivity contribution is 0.257. The minimum atomic E-state index is 0.0953. The predicted octanol–water partition coefficient (Wildman–Crippen LogP) is 3.06. The number of hydrogen-bond acceptors (Lipinski definition) is 4. The van der Waals surface area contributed by atoms with Gasteiger partial charge >= 0.3 is 0 Å². The highest BCUT2D eigenvalue weighted by Gasteiger charge is 2.09. The quantitative estimate of drug-likeness (QED) is 0.598. The van der Waals surface area contributed by atoms with Crippen molar-refractivity contribution in [1.82, 2.24) is 10.2 Å². The smallest absolute Gasteiger partial charge is 0.0991 e. The number of anilines is 1. The first-order valence-corrected chi connectivity index (χ1v) is 7.06. The van der Waals surface area contributed by atoms with Gasteiger partial charge in [-0.1, -0.05) is 12.6 Å². The molecule has 3 N–H and O–H groups in total. The summed E-state index contributed by atoms with van der Waals surface area (Å²) in [6.45, 7) is 10.6. The molecule has 0 aliphatic heterocycles. The molecule has 0 saturated carbocycles. The van der Waals surface area contributed by atoms with Crippen molar-refractivity contribution >= 4 is 11.9 Å². The summed E-state index contributed by atoms with van der Waals surface area (Å²) in [5.41, 5.74) is 10.2. The molecular formula is C17H26N4. The zero-order chi connectivity index (χ0) is 15.8. The third-order valence-corrected chi connectivity index (χ3v) is 3.35. The summed E-state index contributed by atoms with van der Waals surface area (Å²) >= 11 is 0. The summed E-state index contributed by atoms with van der Waals surface area (Å²) in [7, 11) is 2.06. The van der Waals surface area contributed by atoms with Crippen molar-refractivity contribution in [2.24, 2.45) is 4.99 Å². The van der Waals surface area contributed by atoms with E-state index in [2.05, 4.69) is 48.7 Å². The summed E-state index contributed by atoms with van der Waals surface area (Å²) in [4.78, 5) is 6.74. The lowest BCUT2D eigenvalue weighted by atomic mass is 10.1. The van der Waals surface area contributed by atoms with Crippen LogP contribution in [0.2, 0.25) is 0 Å². The van der Waals surface area contributed by atoms with E-state index in [4.69, 9.17) is 5.73 Å². The molecule has 0 aliphatic carbocycles. The highest BCUT2D eigenvalue weighted by atomic mass is 15.2. The Labute approximate surface area is 128 Å². The first-order chi connectivity index (χ1) is 9.93. The fourth-order valence-corrected chi connectivity index (χ4v) is 1.83. The van der Waals surface area contributed by atoms with E-state index in [9.17, 15) is 0 Å². The average Bonchev–Trinajstić information content (AvgIpc) is 2.46. The summed E-state index contributed by atoms with van der Waals surface area (Å²) in [6.07, 6.45) is 5.46. The molecule has 0 amide bonds. The monoisotopic (exact) mass is 286 g/mol. The Kier molecular flexibility index (Phi) is 6.69. The maximum Gasteiger partial charge on any atom is 0.0991 e. The lowest BCUT2D eigenvalue weighted by Crippen LogP contribution is -2.27. The van der Waals surface area contributed by atoms with E-state index in [1.165, 1.54) is 11.1 Å². The van der Waals surface area contributed by atoms with Crippen LogP contribution in [0.4, 0.5) is 5.69 Å². The summed E-state index contributed by atoms with van der Waals surface area (Å²) in [5, 5.41) is 2.94. The molecule has 0 bridgehead atoms. The summed E-state index contributed by atoms with van der Waals surface area (Å²) in [6, 6.07) is 6.02. The Bertz CT molecular complexity index is 532. The fraction of sp³-hybridized carbons (Fsp3) is 0.353. The van der Waals surface area contributed by atoms with Crippen LogP contribution in [-0.4, -0.2) is 24.3 Å². The molecule has 4 nitrogen and oxygen atoms in total. The number of nitrogens with one attached hydrogen (secondary N) is 1. The molecule has 0 radical (unpaired) electrons. The molecule has 114 valence electrons. The molecule has 1 unspecified atom stereocenters. The standard InChI is InChI=1S/C17H26N4/c1-6-19-10-13(2)11-20-15(4)21(5)12-16-9-17(18)8-7-14(16)3/h6-11,15,19H,1,12,18H2,2-5H3/b13-10+,20-11-. The number of aryl methyl sites for hydroxylation is 1. The van der Waals surface area contributed by atoms with Crippen molar-refractivity contribution < 1.29 is 0 Å². The van der Waals surface area contributed by atoms with Gasteiger partial charge in [-0.05, 0) is 62.9 Å². The molecule has 21 heavy (non-hydrogen) atoms. The van der Waals surface area contributed by atoms with E-state index in [0.29, 0.717) is 0 Å². The summed E-state index contributed by atoms with van der Waals surface area (Å²) in [5.74, 6) is 0. The second kappa shape index (κ2) is 8.27. The average molecular weight is 286 g/mol. The topological polar surface area (TPSA) is 53.7 Å². The van der Waals surface area contributed by atoms with E-state index >= 15 is 0 Å². The van der Waals surface area contributed by atoms with Gasteiger partial charge in [0.05, 0.1) is 6.17 Å². The Morgan fingerprint density at radius 2 is 2.24 bits per heavy atom. The lowest BCUT2D eigenvalue weighted by Gasteiger charge is -2.22. The SMILES string of the molecule is C=CN/C=C(C)/C=N\C(C)N(C)Cc1cc(N)ccc1C. The number of aliphatic imine (C=N–C) groups is 1. The van der Waals surface area contributed by atoms with E-state index in [0.717, 1.165) is 17.8 Å². The van der Waals surface area contributed by atoms with Crippen LogP contribution in [0, 0.1) is 6.92 Å². The molecule has 1 aromatic carbocycles. The van der Waals surface area contributed by atoms with Gasteiger partial charge < -0.3 is 11.1 Å². The fourth-order valence-electron chi connectivity index (χ4n) is 1.83. The molecule has 4 heteroatoms.